The summed E-state index contributed by atoms with van der Waals surface area (Å²) >= 11 is 1.63. The lowest BCUT2D eigenvalue weighted by molar-refractivity contribution is -0.134. The van der Waals surface area contributed by atoms with E-state index in [2.05, 4.69) is 32.0 Å². The van der Waals surface area contributed by atoms with Crippen LogP contribution in [-0.4, -0.2) is 67.3 Å². The Balaban J connectivity index is 0.000000440. The number of amides is 1. The Morgan fingerprint density at radius 2 is 1.71 bits per heavy atom. The zero-order valence-corrected chi connectivity index (χ0v) is 20.5. The number of hydrogen-bond acceptors (Lipinski definition) is 6. The quantitative estimate of drug-likeness (QED) is 0.428. The van der Waals surface area contributed by atoms with Gasteiger partial charge < -0.3 is 24.7 Å². The molecule has 1 aliphatic rings. The molecule has 1 aliphatic heterocycles. The summed E-state index contributed by atoms with van der Waals surface area (Å²) in [5.74, 6) is -1.55. The molecule has 0 aliphatic carbocycles. The van der Waals surface area contributed by atoms with Crippen molar-refractivity contribution in [3.8, 4) is 5.75 Å². The van der Waals surface area contributed by atoms with Gasteiger partial charge in [0.2, 0.25) is 5.91 Å². The average Bonchev–Trinajstić information content (AvgIpc) is 2.78. The number of likely N-dealkylation sites (N-methyl/N-ethyl adjacent to an activating group) is 1. The number of ether oxygens (including phenoxy) is 1. The van der Waals surface area contributed by atoms with Gasteiger partial charge in [0.25, 0.3) is 0 Å². The van der Waals surface area contributed by atoms with Crippen LogP contribution in [0.25, 0.3) is 0 Å². The number of benzene rings is 2. The van der Waals surface area contributed by atoms with E-state index >= 15 is 0 Å². The van der Waals surface area contributed by atoms with Gasteiger partial charge in [-0.15, -0.1) is 11.8 Å². The molecule has 1 unspecified atom stereocenters. The van der Waals surface area contributed by atoms with Gasteiger partial charge in [-0.25, -0.2) is 9.59 Å². The van der Waals surface area contributed by atoms with Crippen molar-refractivity contribution in [1.82, 2.24) is 4.90 Å². The molecule has 0 bridgehead atoms. The molecule has 3 rings (SSSR count). The van der Waals surface area contributed by atoms with Gasteiger partial charge in [-0.3, -0.25) is 4.79 Å². The van der Waals surface area contributed by atoms with Crippen LogP contribution >= 0.6 is 11.8 Å². The van der Waals surface area contributed by atoms with E-state index in [1.807, 2.05) is 43.4 Å². The van der Waals surface area contributed by atoms with Crippen molar-refractivity contribution in [2.45, 2.75) is 23.5 Å². The summed E-state index contributed by atoms with van der Waals surface area (Å²) in [6.07, 6.45) is 2.11. The lowest BCUT2D eigenvalue weighted by atomic mass is 10.1. The number of carboxylic acids is 2. The highest BCUT2D eigenvalue weighted by atomic mass is 32.2. The Bertz CT molecular complexity index is 1020. The summed E-state index contributed by atoms with van der Waals surface area (Å²) in [6.45, 7) is 3.79. The Morgan fingerprint density at radius 1 is 1.09 bits per heavy atom. The van der Waals surface area contributed by atoms with Gasteiger partial charge in [-0.2, -0.15) is 0 Å². The summed E-state index contributed by atoms with van der Waals surface area (Å²) < 4.78 is 5.79. The minimum Gasteiger partial charge on any atom is -0.494 e. The molecule has 0 saturated carbocycles. The second kappa shape index (κ2) is 12.8. The Kier molecular flexibility index (Phi) is 10.2. The molecule has 1 amide bonds. The third kappa shape index (κ3) is 8.24. The number of nitrogens with zero attached hydrogens (tertiary/aromatic N) is 2. The van der Waals surface area contributed by atoms with Crippen molar-refractivity contribution in [3.63, 3.8) is 0 Å². The fraction of sp³-hybridized carbons (Fsp3) is 0.320. The fourth-order valence-electron chi connectivity index (χ4n) is 3.13. The molecule has 8 nitrogen and oxygen atoms in total. The van der Waals surface area contributed by atoms with Crippen molar-refractivity contribution >= 4 is 35.3 Å². The van der Waals surface area contributed by atoms with Crippen LogP contribution in [0.2, 0.25) is 0 Å². The van der Waals surface area contributed by atoms with E-state index in [0.717, 1.165) is 34.9 Å². The van der Waals surface area contributed by atoms with Crippen molar-refractivity contribution < 1.29 is 29.3 Å². The van der Waals surface area contributed by atoms with Crippen LogP contribution in [-0.2, 0) is 14.4 Å². The van der Waals surface area contributed by atoms with Crippen LogP contribution < -0.4 is 9.64 Å². The summed E-state index contributed by atoms with van der Waals surface area (Å²) in [5, 5.41) is 15.4. The summed E-state index contributed by atoms with van der Waals surface area (Å²) in [4.78, 5) is 37.0. The van der Waals surface area contributed by atoms with E-state index in [-0.39, 0.29) is 11.2 Å². The van der Waals surface area contributed by atoms with E-state index < -0.39 is 11.9 Å². The van der Waals surface area contributed by atoms with Gasteiger partial charge in [0, 0.05) is 30.6 Å². The first-order chi connectivity index (χ1) is 16.1. The highest BCUT2D eigenvalue weighted by Gasteiger charge is 2.32. The number of fused-ring (bicyclic) bond motifs is 1. The van der Waals surface area contributed by atoms with Gasteiger partial charge in [0.15, 0.2) is 0 Å². The lowest BCUT2D eigenvalue weighted by Crippen LogP contribution is -2.33. The molecule has 1 atom stereocenters. The summed E-state index contributed by atoms with van der Waals surface area (Å²) in [7, 11) is 5.97. The minimum atomic E-state index is -1.26. The van der Waals surface area contributed by atoms with Crippen LogP contribution in [0.5, 0.6) is 5.75 Å². The van der Waals surface area contributed by atoms with E-state index in [1.54, 1.807) is 16.7 Å². The number of carbonyl (C=O) groups is 3. The number of aryl methyl sites for hydroxylation is 1. The number of anilines is 1. The van der Waals surface area contributed by atoms with E-state index in [0.29, 0.717) is 18.8 Å². The van der Waals surface area contributed by atoms with Crippen LogP contribution in [0.3, 0.4) is 0 Å². The summed E-state index contributed by atoms with van der Waals surface area (Å²) in [5.41, 5.74) is 3.21. The van der Waals surface area contributed by atoms with Crippen LogP contribution in [0, 0.1) is 6.92 Å². The number of carbonyl (C=O) groups excluding carboxylic acids is 1. The normalized spacial score (nSPS) is 15.0. The first-order valence-corrected chi connectivity index (χ1v) is 11.5. The van der Waals surface area contributed by atoms with Gasteiger partial charge >= 0.3 is 11.9 Å². The Labute approximate surface area is 203 Å². The first-order valence-electron chi connectivity index (χ1n) is 10.6. The number of aliphatic carboxylic acids is 2. The lowest BCUT2D eigenvalue weighted by Gasteiger charge is -2.31. The Morgan fingerprint density at radius 3 is 2.26 bits per heavy atom. The Hall–Kier alpha value is -3.30. The SMILES string of the molecule is Cc1ccc2c(c1)SC(c1ccc(OCCCN(C)C)cc1)C(=O)N2C.O=C(O)/C=C/C(=O)O. The molecule has 0 spiro atoms. The number of carboxylic acid groups (broad SMARTS) is 2. The monoisotopic (exact) mass is 486 g/mol. The standard InChI is InChI=1S/C21H26N2O2S.C4H4O4/c1-15-6-11-18-19(14-15)26-20(21(24)23(18)4)16-7-9-17(10-8-16)25-13-5-12-22(2)3;5-3(6)1-2-4(7)8/h6-11,14,20H,5,12-13H2,1-4H3;1-2H,(H,5,6)(H,7,8)/b;2-1+. The molecule has 2 aromatic rings. The van der Waals surface area contributed by atoms with Crippen molar-refractivity contribution in [3.05, 3.63) is 65.7 Å². The zero-order chi connectivity index (χ0) is 25.3. The average molecular weight is 487 g/mol. The van der Waals surface area contributed by atoms with Gasteiger partial charge in [0.1, 0.15) is 11.0 Å². The second-order valence-electron chi connectivity index (χ2n) is 7.95. The first kappa shape index (κ1) is 26.9. The van der Waals surface area contributed by atoms with Crippen molar-refractivity contribution in [2.24, 2.45) is 0 Å². The van der Waals surface area contributed by atoms with Gasteiger partial charge in [-0.1, -0.05) is 18.2 Å². The highest BCUT2D eigenvalue weighted by molar-refractivity contribution is 8.00. The van der Waals surface area contributed by atoms with Crippen LogP contribution in [0.4, 0.5) is 5.69 Å². The minimum absolute atomic E-state index is 0.117. The van der Waals surface area contributed by atoms with Crippen LogP contribution in [0.1, 0.15) is 22.8 Å². The van der Waals surface area contributed by atoms with Crippen molar-refractivity contribution in [2.75, 3.05) is 39.2 Å². The molecular formula is C25H30N2O6S. The molecule has 0 fully saturated rings. The third-order valence-electron chi connectivity index (χ3n) is 4.85. The predicted molar refractivity (Wildman–Crippen MR) is 133 cm³/mol. The molecule has 2 aromatic carbocycles. The molecule has 1 heterocycles. The molecule has 34 heavy (non-hydrogen) atoms. The molecule has 2 N–H and O–H groups in total. The number of rotatable bonds is 8. The zero-order valence-electron chi connectivity index (χ0n) is 19.7. The largest absolute Gasteiger partial charge is 0.494 e. The fourth-order valence-corrected chi connectivity index (χ4v) is 4.51. The molecule has 0 radical (unpaired) electrons. The maximum atomic E-state index is 12.8. The van der Waals surface area contributed by atoms with E-state index in [1.165, 1.54) is 5.56 Å². The van der Waals surface area contributed by atoms with E-state index in [4.69, 9.17) is 14.9 Å². The number of hydrogen-bond donors (Lipinski definition) is 2. The van der Waals surface area contributed by atoms with Crippen molar-refractivity contribution in [1.29, 1.82) is 0 Å². The second-order valence-corrected chi connectivity index (χ2v) is 9.10. The summed E-state index contributed by atoms with van der Waals surface area (Å²) in [6, 6.07) is 14.2. The number of thioether (sulfide) groups is 1. The third-order valence-corrected chi connectivity index (χ3v) is 6.14. The maximum Gasteiger partial charge on any atom is 0.328 e. The molecular weight excluding hydrogens is 456 g/mol. The molecule has 9 heteroatoms. The van der Waals surface area contributed by atoms with Crippen LogP contribution in [0.15, 0.2) is 59.5 Å². The molecule has 0 saturated heterocycles. The molecule has 0 aromatic heterocycles. The smallest absolute Gasteiger partial charge is 0.328 e. The topological polar surface area (TPSA) is 107 Å². The maximum absolute atomic E-state index is 12.8. The van der Waals surface area contributed by atoms with Gasteiger partial charge in [0.05, 0.1) is 12.3 Å². The molecule has 182 valence electrons. The van der Waals surface area contributed by atoms with Gasteiger partial charge in [-0.05, 0) is 62.8 Å². The predicted octanol–water partition coefficient (Wildman–Crippen LogP) is 3.85. The highest BCUT2D eigenvalue weighted by Crippen LogP contribution is 2.46. The van der Waals surface area contributed by atoms with E-state index in [9.17, 15) is 14.4 Å².